The molecule has 0 saturated heterocycles. The van der Waals surface area contributed by atoms with Crippen LogP contribution in [-0.2, 0) is 0 Å². The van der Waals surface area contributed by atoms with Crippen LogP contribution in [0.25, 0.3) is 16.8 Å². The number of imidazole rings is 1. The largest absolute Gasteiger partial charge is 0.475 e. The highest BCUT2D eigenvalue weighted by Crippen LogP contribution is 2.23. The maximum absolute atomic E-state index is 11.1. The Kier molecular flexibility index (Phi) is 2.26. The van der Waals surface area contributed by atoms with Gasteiger partial charge in [0.05, 0.1) is 11.7 Å². The summed E-state index contributed by atoms with van der Waals surface area (Å²) in [6, 6.07) is 3.60. The molecule has 6 heteroatoms. The summed E-state index contributed by atoms with van der Waals surface area (Å²) in [5, 5.41) is 9.12. The molecule has 3 aromatic rings. The fourth-order valence-corrected chi connectivity index (χ4v) is 1.80. The van der Waals surface area contributed by atoms with E-state index in [4.69, 9.17) is 5.11 Å². The molecule has 0 aliphatic heterocycles. The van der Waals surface area contributed by atoms with Crippen molar-refractivity contribution in [1.82, 2.24) is 19.4 Å². The second-order valence-electron chi connectivity index (χ2n) is 3.66. The van der Waals surface area contributed by atoms with Gasteiger partial charge in [-0.05, 0) is 12.1 Å². The van der Waals surface area contributed by atoms with Crippen LogP contribution >= 0.6 is 0 Å². The van der Waals surface area contributed by atoms with E-state index in [9.17, 15) is 4.79 Å². The van der Waals surface area contributed by atoms with Crippen LogP contribution in [0.5, 0.6) is 0 Å². The average molecular weight is 240 g/mol. The number of fused-ring (bicyclic) bond motifs is 1. The van der Waals surface area contributed by atoms with Gasteiger partial charge in [-0.3, -0.25) is 14.4 Å². The lowest BCUT2D eigenvalue weighted by Gasteiger charge is -1.96. The van der Waals surface area contributed by atoms with E-state index in [1.807, 2.05) is 6.07 Å². The van der Waals surface area contributed by atoms with E-state index < -0.39 is 5.97 Å². The van der Waals surface area contributed by atoms with E-state index in [1.54, 1.807) is 30.9 Å². The van der Waals surface area contributed by atoms with E-state index >= 15 is 0 Å². The van der Waals surface area contributed by atoms with Gasteiger partial charge in [-0.2, -0.15) is 0 Å². The Balaban J connectivity index is 2.34. The molecule has 0 bridgehead atoms. The molecule has 3 heterocycles. The number of carboxylic acids is 1. The van der Waals surface area contributed by atoms with Crippen LogP contribution in [0, 0.1) is 0 Å². The third-order valence-electron chi connectivity index (χ3n) is 2.57. The Labute approximate surface area is 102 Å². The minimum absolute atomic E-state index is 0.0359. The number of hydrogen-bond donors (Lipinski definition) is 1. The molecule has 0 spiro atoms. The van der Waals surface area contributed by atoms with Gasteiger partial charge in [0.1, 0.15) is 5.69 Å². The number of aromatic nitrogens is 4. The Morgan fingerprint density at radius 1 is 1.22 bits per heavy atom. The Morgan fingerprint density at radius 3 is 2.78 bits per heavy atom. The molecule has 88 valence electrons. The number of nitrogens with zero attached hydrogens (tertiary/aromatic N) is 4. The van der Waals surface area contributed by atoms with E-state index in [-0.39, 0.29) is 5.82 Å². The second-order valence-corrected chi connectivity index (χ2v) is 3.66. The van der Waals surface area contributed by atoms with Gasteiger partial charge in [-0.1, -0.05) is 0 Å². The number of pyridine rings is 1. The zero-order valence-corrected chi connectivity index (χ0v) is 9.19. The Hall–Kier alpha value is -2.76. The molecular formula is C12H8N4O2. The molecule has 1 N–H and O–H groups in total. The van der Waals surface area contributed by atoms with Crippen molar-refractivity contribution in [2.45, 2.75) is 0 Å². The second kappa shape index (κ2) is 3.92. The SMILES string of the molecule is O=C(O)c1nc(-c2cccnc2)c2cnccn12. The molecule has 0 aliphatic carbocycles. The summed E-state index contributed by atoms with van der Waals surface area (Å²) in [5.41, 5.74) is 1.96. The van der Waals surface area contributed by atoms with Crippen LogP contribution in [0.3, 0.4) is 0 Å². The maximum atomic E-state index is 11.1. The maximum Gasteiger partial charge on any atom is 0.372 e. The van der Waals surface area contributed by atoms with Gasteiger partial charge < -0.3 is 5.11 Å². The van der Waals surface area contributed by atoms with E-state index in [1.165, 1.54) is 10.6 Å². The van der Waals surface area contributed by atoms with E-state index in [0.29, 0.717) is 11.2 Å². The molecule has 0 radical (unpaired) electrons. The van der Waals surface area contributed by atoms with Gasteiger partial charge in [-0.25, -0.2) is 9.78 Å². The monoisotopic (exact) mass is 240 g/mol. The van der Waals surface area contributed by atoms with Crippen LogP contribution in [0.1, 0.15) is 10.6 Å². The predicted molar refractivity (Wildman–Crippen MR) is 63.2 cm³/mol. The first-order valence-electron chi connectivity index (χ1n) is 5.23. The summed E-state index contributed by atoms with van der Waals surface area (Å²) >= 11 is 0. The van der Waals surface area contributed by atoms with Gasteiger partial charge in [0, 0.05) is 30.4 Å². The number of rotatable bonds is 2. The summed E-state index contributed by atoms with van der Waals surface area (Å²) in [4.78, 5) is 23.3. The molecule has 6 nitrogen and oxygen atoms in total. The van der Waals surface area contributed by atoms with Crippen molar-refractivity contribution >= 4 is 11.5 Å². The number of carbonyl (C=O) groups is 1. The molecule has 3 aromatic heterocycles. The Bertz CT molecular complexity index is 721. The van der Waals surface area contributed by atoms with Gasteiger partial charge in [0.2, 0.25) is 5.82 Å². The van der Waals surface area contributed by atoms with Gasteiger partial charge >= 0.3 is 5.97 Å². The summed E-state index contributed by atoms with van der Waals surface area (Å²) in [6.45, 7) is 0. The first-order valence-corrected chi connectivity index (χ1v) is 5.23. The topological polar surface area (TPSA) is 80.4 Å². The van der Waals surface area contributed by atoms with Crippen LogP contribution in [0.15, 0.2) is 43.1 Å². The minimum atomic E-state index is -1.08. The highest BCUT2D eigenvalue weighted by Gasteiger charge is 2.17. The standard InChI is InChI=1S/C12H8N4O2/c17-12(18)11-15-10(8-2-1-3-13-6-8)9-7-14-4-5-16(9)11/h1-7H,(H,17,18). The summed E-state index contributed by atoms with van der Waals surface area (Å²) in [6.07, 6.45) is 7.97. The summed E-state index contributed by atoms with van der Waals surface area (Å²) < 4.78 is 1.50. The molecule has 0 aliphatic rings. The first kappa shape index (κ1) is 10.4. The zero-order valence-electron chi connectivity index (χ0n) is 9.19. The summed E-state index contributed by atoms with van der Waals surface area (Å²) in [5.74, 6) is -1.11. The van der Waals surface area contributed by atoms with E-state index in [0.717, 1.165) is 5.56 Å². The third kappa shape index (κ3) is 1.51. The third-order valence-corrected chi connectivity index (χ3v) is 2.57. The van der Waals surface area contributed by atoms with Crippen LogP contribution in [-0.4, -0.2) is 30.4 Å². The lowest BCUT2D eigenvalue weighted by Crippen LogP contribution is -2.03. The molecule has 0 saturated carbocycles. The van der Waals surface area contributed by atoms with Crippen LogP contribution in [0.2, 0.25) is 0 Å². The Morgan fingerprint density at radius 2 is 2.06 bits per heavy atom. The molecule has 3 rings (SSSR count). The fourth-order valence-electron chi connectivity index (χ4n) is 1.80. The molecule has 0 amide bonds. The van der Waals surface area contributed by atoms with Crippen molar-refractivity contribution in [3.8, 4) is 11.3 Å². The molecule has 0 atom stereocenters. The first-order chi connectivity index (χ1) is 8.77. The minimum Gasteiger partial charge on any atom is -0.475 e. The highest BCUT2D eigenvalue weighted by molar-refractivity contribution is 5.89. The molecule has 0 fully saturated rings. The van der Waals surface area contributed by atoms with Crippen LogP contribution in [0.4, 0.5) is 0 Å². The lowest BCUT2D eigenvalue weighted by atomic mass is 10.2. The summed E-state index contributed by atoms with van der Waals surface area (Å²) in [7, 11) is 0. The van der Waals surface area contributed by atoms with E-state index in [2.05, 4.69) is 15.0 Å². The molecule has 18 heavy (non-hydrogen) atoms. The number of aromatic carboxylic acids is 1. The van der Waals surface area contributed by atoms with Crippen LogP contribution < -0.4 is 0 Å². The van der Waals surface area contributed by atoms with Crippen molar-refractivity contribution in [2.75, 3.05) is 0 Å². The smallest absolute Gasteiger partial charge is 0.372 e. The number of hydrogen-bond acceptors (Lipinski definition) is 4. The highest BCUT2D eigenvalue weighted by atomic mass is 16.4. The van der Waals surface area contributed by atoms with Gasteiger partial charge in [-0.15, -0.1) is 0 Å². The van der Waals surface area contributed by atoms with Crippen molar-refractivity contribution < 1.29 is 9.90 Å². The quantitative estimate of drug-likeness (QED) is 0.734. The van der Waals surface area contributed by atoms with Crippen molar-refractivity contribution in [3.05, 3.63) is 48.9 Å². The predicted octanol–water partition coefficient (Wildman–Crippen LogP) is 1.49. The lowest BCUT2D eigenvalue weighted by molar-refractivity contribution is 0.0683. The zero-order chi connectivity index (χ0) is 12.5. The fraction of sp³-hybridized carbons (Fsp3) is 0. The van der Waals surface area contributed by atoms with Crippen molar-refractivity contribution in [3.63, 3.8) is 0 Å². The normalized spacial score (nSPS) is 10.7. The number of carboxylic acid groups (broad SMARTS) is 1. The molecule has 0 unspecified atom stereocenters. The molecular weight excluding hydrogens is 232 g/mol. The van der Waals surface area contributed by atoms with Gasteiger partial charge in [0.25, 0.3) is 0 Å². The average Bonchev–Trinajstić information content (AvgIpc) is 2.79. The van der Waals surface area contributed by atoms with Crippen molar-refractivity contribution in [1.29, 1.82) is 0 Å². The van der Waals surface area contributed by atoms with Gasteiger partial charge in [0.15, 0.2) is 0 Å². The van der Waals surface area contributed by atoms with Crippen molar-refractivity contribution in [2.24, 2.45) is 0 Å². The molecule has 0 aromatic carbocycles.